The maximum absolute atomic E-state index is 14.0. The van der Waals surface area contributed by atoms with E-state index in [2.05, 4.69) is 24.1 Å². The number of hydrogen-bond acceptors (Lipinski definition) is 6. The summed E-state index contributed by atoms with van der Waals surface area (Å²) in [4.78, 5) is 43.7. The minimum absolute atomic E-state index is 0.0206. The largest absolute Gasteiger partial charge is 0.506 e. The van der Waals surface area contributed by atoms with Gasteiger partial charge in [0.05, 0.1) is 33.7 Å². The van der Waals surface area contributed by atoms with Crippen molar-refractivity contribution in [1.82, 2.24) is 5.01 Å². The SMILES string of the molecule is CCN(CC)c1ccc(C2=C(O)/C(=C3\C(=O)N(C(C)(C)C)N=C3CCC3CCCC3)C2=O)c(NC(=O)c2c(C)cc(C)cc2C)c1. The van der Waals surface area contributed by atoms with E-state index in [1.54, 1.807) is 6.07 Å². The summed E-state index contributed by atoms with van der Waals surface area (Å²) >= 11 is 0. The summed E-state index contributed by atoms with van der Waals surface area (Å²) in [5, 5.41) is 20.8. The van der Waals surface area contributed by atoms with Crippen molar-refractivity contribution in [2.75, 3.05) is 23.3 Å². The number of nitrogens with zero attached hydrogens (tertiary/aromatic N) is 3. The summed E-state index contributed by atoms with van der Waals surface area (Å²) in [5.41, 5.74) is 5.40. The number of benzene rings is 2. The predicted octanol–water partition coefficient (Wildman–Crippen LogP) is 7.83. The normalized spacial score (nSPS) is 18.8. The molecule has 1 heterocycles. The first-order chi connectivity index (χ1) is 21.8. The van der Waals surface area contributed by atoms with Crippen LogP contribution in [0.15, 0.2) is 52.3 Å². The Bertz CT molecular complexity index is 1660. The topological polar surface area (TPSA) is 102 Å². The zero-order chi connectivity index (χ0) is 33.5. The van der Waals surface area contributed by atoms with E-state index in [0.717, 1.165) is 41.9 Å². The maximum atomic E-state index is 14.0. The quantitative estimate of drug-likeness (QED) is 0.277. The van der Waals surface area contributed by atoms with E-state index in [1.807, 2.05) is 65.8 Å². The number of hydrogen-bond donors (Lipinski definition) is 2. The van der Waals surface area contributed by atoms with E-state index in [0.29, 0.717) is 34.9 Å². The Labute approximate surface area is 273 Å². The average Bonchev–Trinajstić information content (AvgIpc) is 3.61. The molecule has 0 saturated heterocycles. The predicted molar refractivity (Wildman–Crippen MR) is 185 cm³/mol. The maximum Gasteiger partial charge on any atom is 0.277 e. The van der Waals surface area contributed by atoms with Crippen LogP contribution in [0.5, 0.6) is 0 Å². The van der Waals surface area contributed by atoms with E-state index in [4.69, 9.17) is 5.10 Å². The average molecular weight is 625 g/mol. The van der Waals surface area contributed by atoms with Gasteiger partial charge < -0.3 is 15.3 Å². The highest BCUT2D eigenvalue weighted by molar-refractivity contribution is 6.44. The Kier molecular flexibility index (Phi) is 9.30. The second-order valence-electron chi connectivity index (χ2n) is 14.0. The Balaban J connectivity index is 1.58. The van der Waals surface area contributed by atoms with Gasteiger partial charge in [-0.3, -0.25) is 14.4 Å². The molecule has 5 rings (SSSR count). The van der Waals surface area contributed by atoms with E-state index < -0.39 is 11.3 Å². The second kappa shape index (κ2) is 12.9. The fourth-order valence-electron chi connectivity index (χ4n) is 7.21. The fraction of sp³-hybridized carbons (Fsp3) is 0.474. The number of ketones is 1. The highest BCUT2D eigenvalue weighted by atomic mass is 16.3. The van der Waals surface area contributed by atoms with Crippen molar-refractivity contribution in [3.05, 3.63) is 75.1 Å². The number of rotatable bonds is 9. The molecule has 2 N–H and O–H groups in total. The first-order valence-electron chi connectivity index (χ1n) is 16.7. The van der Waals surface area contributed by atoms with Crippen molar-refractivity contribution < 1.29 is 19.5 Å². The van der Waals surface area contributed by atoms with Gasteiger partial charge in [-0.05, 0) is 103 Å². The van der Waals surface area contributed by atoms with Gasteiger partial charge >= 0.3 is 0 Å². The molecule has 8 heteroatoms. The highest BCUT2D eigenvalue weighted by Gasteiger charge is 2.46. The van der Waals surface area contributed by atoms with E-state index in [1.165, 1.54) is 30.7 Å². The van der Waals surface area contributed by atoms with Gasteiger partial charge in [-0.25, -0.2) is 5.01 Å². The minimum Gasteiger partial charge on any atom is -0.506 e. The molecule has 1 saturated carbocycles. The van der Waals surface area contributed by atoms with Crippen LogP contribution in [0.25, 0.3) is 5.57 Å². The monoisotopic (exact) mass is 624 g/mol. The van der Waals surface area contributed by atoms with Crippen LogP contribution >= 0.6 is 0 Å². The van der Waals surface area contributed by atoms with Gasteiger partial charge in [0, 0.05) is 29.9 Å². The van der Waals surface area contributed by atoms with Crippen LogP contribution in [0.3, 0.4) is 0 Å². The second-order valence-corrected chi connectivity index (χ2v) is 14.0. The third-order valence-electron chi connectivity index (χ3n) is 9.55. The molecule has 1 aliphatic heterocycles. The van der Waals surface area contributed by atoms with Crippen molar-refractivity contribution in [3.63, 3.8) is 0 Å². The number of allylic oxidation sites excluding steroid dienone is 2. The van der Waals surface area contributed by atoms with E-state index in [-0.39, 0.29) is 34.3 Å². The summed E-state index contributed by atoms with van der Waals surface area (Å²) in [6.07, 6.45) is 6.25. The minimum atomic E-state index is -0.586. The number of amides is 2. The molecule has 0 spiro atoms. The van der Waals surface area contributed by atoms with Gasteiger partial charge in [0.2, 0.25) is 5.78 Å². The van der Waals surface area contributed by atoms with Crippen LogP contribution in [0, 0.1) is 26.7 Å². The fourth-order valence-corrected chi connectivity index (χ4v) is 7.21. The lowest BCUT2D eigenvalue weighted by Crippen LogP contribution is -2.40. The third kappa shape index (κ3) is 6.14. The number of carbonyl (C=O) groups is 3. The van der Waals surface area contributed by atoms with E-state index >= 15 is 0 Å². The molecule has 2 aliphatic carbocycles. The number of nitrogens with one attached hydrogen (secondary N) is 1. The lowest BCUT2D eigenvalue weighted by Gasteiger charge is -2.29. The van der Waals surface area contributed by atoms with Gasteiger partial charge in [0.15, 0.2) is 0 Å². The molecule has 0 radical (unpaired) electrons. The molecular weight excluding hydrogens is 576 g/mol. The first-order valence-corrected chi connectivity index (χ1v) is 16.7. The molecule has 2 aromatic carbocycles. The zero-order valence-electron chi connectivity index (χ0n) is 28.6. The molecule has 0 unspecified atom stereocenters. The zero-order valence-corrected chi connectivity index (χ0v) is 28.6. The Morgan fingerprint density at radius 3 is 2.17 bits per heavy atom. The lowest BCUT2D eigenvalue weighted by atomic mass is 9.78. The van der Waals surface area contributed by atoms with E-state index in [9.17, 15) is 19.5 Å². The number of aliphatic hydroxyl groups is 1. The molecule has 8 nitrogen and oxygen atoms in total. The van der Waals surface area contributed by atoms with Gasteiger partial charge in [-0.1, -0.05) is 43.4 Å². The molecule has 1 fully saturated rings. The molecule has 2 aromatic rings. The summed E-state index contributed by atoms with van der Waals surface area (Å²) in [5.74, 6) is -0.712. The molecule has 3 aliphatic rings. The van der Waals surface area contributed by atoms with Crippen molar-refractivity contribution in [1.29, 1.82) is 0 Å². The van der Waals surface area contributed by atoms with Gasteiger partial charge in [0.25, 0.3) is 11.8 Å². The van der Waals surface area contributed by atoms with Gasteiger partial charge in [-0.2, -0.15) is 5.10 Å². The molecule has 0 bridgehead atoms. The van der Waals surface area contributed by atoms with Crippen molar-refractivity contribution in [3.8, 4) is 0 Å². The van der Waals surface area contributed by atoms with Crippen LogP contribution in [-0.4, -0.2) is 52.1 Å². The van der Waals surface area contributed by atoms with Crippen LogP contribution in [-0.2, 0) is 9.59 Å². The summed E-state index contributed by atoms with van der Waals surface area (Å²) < 4.78 is 0. The number of hydrazone groups is 1. The molecule has 46 heavy (non-hydrogen) atoms. The Morgan fingerprint density at radius 1 is 0.978 bits per heavy atom. The number of carbonyl (C=O) groups excluding carboxylic acids is 3. The Hall–Kier alpha value is -4.20. The van der Waals surface area contributed by atoms with Crippen molar-refractivity contribution in [2.45, 2.75) is 99.5 Å². The van der Waals surface area contributed by atoms with Crippen LogP contribution in [0.2, 0.25) is 0 Å². The van der Waals surface area contributed by atoms with Crippen LogP contribution in [0.4, 0.5) is 11.4 Å². The standard InChI is InChI=1S/C38H48N4O4/c1-9-41(10-2)26-16-17-27(29(21-26)39-36(45)30-23(4)19-22(3)20-24(30)5)31-34(43)33(35(31)44)32-28(18-15-25-13-11-12-14-25)40-42(37(32)46)38(6,7)8/h16-17,19-21,25,43H,9-15,18H2,1-8H3,(H,39,45)/b33-32+. The lowest BCUT2D eigenvalue weighted by molar-refractivity contribution is -0.130. The summed E-state index contributed by atoms with van der Waals surface area (Å²) in [6, 6.07) is 9.48. The number of aliphatic hydroxyl groups excluding tert-OH is 1. The number of Topliss-reactive ketones (excluding diaryl/α,β-unsaturated/α-hetero) is 1. The summed E-state index contributed by atoms with van der Waals surface area (Å²) in [6.45, 7) is 17.2. The molecule has 0 aromatic heterocycles. The van der Waals surface area contributed by atoms with Gasteiger partial charge in [-0.15, -0.1) is 0 Å². The third-order valence-corrected chi connectivity index (χ3v) is 9.55. The Morgan fingerprint density at radius 2 is 1.61 bits per heavy atom. The van der Waals surface area contributed by atoms with Crippen molar-refractivity contribution >= 4 is 40.3 Å². The first kappa shape index (κ1) is 33.2. The molecular formula is C38H48N4O4. The molecule has 0 atom stereocenters. The van der Waals surface area contributed by atoms with Gasteiger partial charge in [0.1, 0.15) is 5.76 Å². The summed E-state index contributed by atoms with van der Waals surface area (Å²) in [7, 11) is 0. The molecule has 244 valence electrons. The number of anilines is 2. The highest BCUT2D eigenvalue weighted by Crippen LogP contribution is 2.44. The van der Waals surface area contributed by atoms with Crippen LogP contribution < -0.4 is 10.2 Å². The smallest absolute Gasteiger partial charge is 0.277 e. The number of aryl methyl sites for hydroxylation is 3. The van der Waals surface area contributed by atoms with Crippen LogP contribution in [0.1, 0.15) is 106 Å². The van der Waals surface area contributed by atoms with Crippen molar-refractivity contribution in [2.24, 2.45) is 11.0 Å². The molecule has 2 amide bonds.